The Morgan fingerprint density at radius 3 is 2.86 bits per heavy atom. The molecule has 2 aromatic rings. The van der Waals surface area contributed by atoms with Gasteiger partial charge in [-0.15, -0.1) is 0 Å². The highest BCUT2D eigenvalue weighted by Gasteiger charge is 2.46. The third-order valence-corrected chi connectivity index (χ3v) is 6.27. The maximum absolute atomic E-state index is 12.8. The highest BCUT2D eigenvalue weighted by atomic mass is 16.3. The number of amidine groups is 1. The minimum Gasteiger partial charge on any atom is -0.459 e. The topological polar surface area (TPSA) is 69.9 Å². The van der Waals surface area contributed by atoms with Crippen LogP contribution in [-0.4, -0.2) is 41.3 Å². The summed E-state index contributed by atoms with van der Waals surface area (Å²) in [5, 5.41) is 7.39. The Balaban J connectivity index is 1.47. The van der Waals surface area contributed by atoms with Gasteiger partial charge < -0.3 is 14.6 Å². The Kier molecular flexibility index (Phi) is 4.43. The second kappa shape index (κ2) is 7.09. The van der Waals surface area contributed by atoms with Gasteiger partial charge in [0.1, 0.15) is 5.84 Å². The van der Waals surface area contributed by atoms with Crippen molar-refractivity contribution >= 4 is 17.4 Å². The van der Waals surface area contributed by atoms with Crippen molar-refractivity contribution in [1.29, 1.82) is 0 Å². The minimum absolute atomic E-state index is 0.0503. The van der Waals surface area contributed by atoms with E-state index in [2.05, 4.69) is 34.9 Å². The number of aliphatic imine (C=N–C) groups is 1. The monoisotopic (exact) mass is 378 g/mol. The van der Waals surface area contributed by atoms with Crippen molar-refractivity contribution in [3.63, 3.8) is 0 Å². The fourth-order valence-corrected chi connectivity index (χ4v) is 4.64. The van der Waals surface area contributed by atoms with E-state index in [-0.39, 0.29) is 11.4 Å². The Morgan fingerprint density at radius 2 is 2.04 bits per heavy atom. The fourth-order valence-electron chi connectivity index (χ4n) is 4.64. The van der Waals surface area contributed by atoms with E-state index >= 15 is 0 Å². The van der Waals surface area contributed by atoms with Crippen LogP contribution in [0.15, 0.2) is 52.1 Å². The summed E-state index contributed by atoms with van der Waals surface area (Å²) in [5.41, 5.74) is 2.00. The first-order valence-corrected chi connectivity index (χ1v) is 10.2. The SMILES string of the molecule is O=C(c1ccco1)N1CCC2(C1)NCc1ccccc1NC2=NC1CCCC1. The summed E-state index contributed by atoms with van der Waals surface area (Å²) < 4.78 is 5.34. The van der Waals surface area contributed by atoms with E-state index in [0.717, 1.165) is 37.3 Å². The van der Waals surface area contributed by atoms with E-state index in [1.165, 1.54) is 18.4 Å². The number of likely N-dealkylation sites (tertiary alicyclic amines) is 1. The van der Waals surface area contributed by atoms with Crippen LogP contribution >= 0.6 is 0 Å². The van der Waals surface area contributed by atoms with Gasteiger partial charge in [-0.3, -0.25) is 15.1 Å². The van der Waals surface area contributed by atoms with Crippen molar-refractivity contribution in [1.82, 2.24) is 10.2 Å². The molecule has 6 heteroatoms. The molecule has 2 aliphatic heterocycles. The van der Waals surface area contributed by atoms with Gasteiger partial charge in [0.25, 0.3) is 5.91 Å². The summed E-state index contributed by atoms with van der Waals surface area (Å²) in [7, 11) is 0. The van der Waals surface area contributed by atoms with Crippen LogP contribution < -0.4 is 10.6 Å². The number of furan rings is 1. The van der Waals surface area contributed by atoms with Crippen LogP contribution in [0.1, 0.15) is 48.2 Å². The molecule has 3 heterocycles. The molecule has 2 fully saturated rings. The molecule has 6 nitrogen and oxygen atoms in total. The summed E-state index contributed by atoms with van der Waals surface area (Å²) >= 11 is 0. The molecule has 1 aromatic heterocycles. The Bertz CT molecular complexity index is 886. The lowest BCUT2D eigenvalue weighted by atomic mass is 9.96. The first-order chi connectivity index (χ1) is 13.7. The van der Waals surface area contributed by atoms with Crippen molar-refractivity contribution < 1.29 is 9.21 Å². The standard InChI is InChI=1S/C22H26N4O2/c27-20(19-10-5-13-28-19)26-12-11-22(15-26)21(24-17-7-2-3-8-17)25-18-9-4-1-6-16(18)14-23-22/h1,4-6,9-10,13,17,23H,2-3,7-8,11-12,14-15H2,(H,24,25). The van der Waals surface area contributed by atoms with E-state index < -0.39 is 0 Å². The molecule has 3 aliphatic rings. The number of rotatable bonds is 2. The Morgan fingerprint density at radius 1 is 1.18 bits per heavy atom. The van der Waals surface area contributed by atoms with Gasteiger partial charge in [0, 0.05) is 25.3 Å². The average molecular weight is 378 g/mol. The lowest BCUT2D eigenvalue weighted by Gasteiger charge is -2.31. The smallest absolute Gasteiger partial charge is 0.289 e. The number of fused-ring (bicyclic) bond motifs is 1. The molecule has 1 spiro atoms. The predicted octanol–water partition coefficient (Wildman–Crippen LogP) is 3.42. The summed E-state index contributed by atoms with van der Waals surface area (Å²) in [6.07, 6.45) is 7.19. The lowest BCUT2D eigenvalue weighted by molar-refractivity contribution is 0.0754. The van der Waals surface area contributed by atoms with Crippen LogP contribution in [0.25, 0.3) is 0 Å². The first kappa shape index (κ1) is 17.5. The highest BCUT2D eigenvalue weighted by Crippen LogP contribution is 2.32. The van der Waals surface area contributed by atoms with E-state index in [9.17, 15) is 4.79 Å². The number of hydrogen-bond acceptors (Lipinski definition) is 4. The third-order valence-electron chi connectivity index (χ3n) is 6.27. The summed E-state index contributed by atoms with van der Waals surface area (Å²) in [6.45, 7) is 2.04. The molecule has 146 valence electrons. The molecule has 1 atom stereocenters. The zero-order chi connectivity index (χ0) is 19.0. The van der Waals surface area contributed by atoms with Gasteiger partial charge in [-0.2, -0.15) is 0 Å². The van der Waals surface area contributed by atoms with Crippen LogP contribution in [0.3, 0.4) is 0 Å². The molecule has 1 saturated carbocycles. The number of benzene rings is 1. The van der Waals surface area contributed by atoms with Crippen LogP contribution in [0, 0.1) is 0 Å². The zero-order valence-corrected chi connectivity index (χ0v) is 16.0. The van der Waals surface area contributed by atoms with Gasteiger partial charge in [0.05, 0.1) is 17.8 Å². The lowest BCUT2D eigenvalue weighted by Crippen LogP contribution is -2.55. The quantitative estimate of drug-likeness (QED) is 0.840. The normalized spacial score (nSPS) is 26.4. The Hall–Kier alpha value is -2.60. The Labute approximate surface area is 165 Å². The highest BCUT2D eigenvalue weighted by molar-refractivity contribution is 6.05. The summed E-state index contributed by atoms with van der Waals surface area (Å²) in [6, 6.07) is 12.2. The molecule has 0 bridgehead atoms. The number of para-hydroxylation sites is 1. The van der Waals surface area contributed by atoms with Gasteiger partial charge in [-0.1, -0.05) is 31.0 Å². The molecular weight excluding hydrogens is 352 g/mol. The fraction of sp³-hybridized carbons (Fsp3) is 0.455. The molecule has 0 radical (unpaired) electrons. The van der Waals surface area contributed by atoms with Crippen LogP contribution in [0.2, 0.25) is 0 Å². The molecular formula is C22H26N4O2. The van der Waals surface area contributed by atoms with Gasteiger partial charge in [-0.25, -0.2) is 0 Å². The summed E-state index contributed by atoms with van der Waals surface area (Å²) in [4.78, 5) is 19.9. The van der Waals surface area contributed by atoms with Crippen molar-refractivity contribution in [2.24, 2.45) is 4.99 Å². The van der Waals surface area contributed by atoms with Crippen molar-refractivity contribution in [2.75, 3.05) is 18.4 Å². The van der Waals surface area contributed by atoms with Gasteiger partial charge >= 0.3 is 0 Å². The number of nitrogens with one attached hydrogen (secondary N) is 2. The zero-order valence-electron chi connectivity index (χ0n) is 16.0. The molecule has 1 aromatic carbocycles. The average Bonchev–Trinajstić information content (AvgIpc) is 3.46. The summed E-state index contributed by atoms with van der Waals surface area (Å²) in [5.74, 6) is 1.33. The molecule has 28 heavy (non-hydrogen) atoms. The van der Waals surface area contributed by atoms with Gasteiger partial charge in [-0.05, 0) is 43.0 Å². The van der Waals surface area contributed by atoms with Crippen molar-refractivity contribution in [2.45, 2.75) is 50.2 Å². The van der Waals surface area contributed by atoms with E-state index in [1.807, 2.05) is 4.90 Å². The number of nitrogens with zero attached hydrogens (tertiary/aromatic N) is 2. The van der Waals surface area contributed by atoms with Crippen LogP contribution in [0.4, 0.5) is 5.69 Å². The third kappa shape index (κ3) is 3.11. The second-order valence-corrected chi connectivity index (χ2v) is 8.09. The number of carbonyl (C=O) groups is 1. The van der Waals surface area contributed by atoms with Crippen LogP contribution in [0.5, 0.6) is 0 Å². The predicted molar refractivity (Wildman–Crippen MR) is 109 cm³/mol. The van der Waals surface area contributed by atoms with Gasteiger partial charge in [0.2, 0.25) is 0 Å². The molecule has 1 amide bonds. The number of carbonyl (C=O) groups excluding carboxylic acids is 1. The van der Waals surface area contributed by atoms with Gasteiger partial charge in [0.15, 0.2) is 5.76 Å². The minimum atomic E-state index is -0.343. The maximum atomic E-state index is 12.8. The number of amides is 1. The molecule has 1 aliphatic carbocycles. The molecule has 1 unspecified atom stereocenters. The first-order valence-electron chi connectivity index (χ1n) is 10.2. The molecule has 5 rings (SSSR count). The van der Waals surface area contributed by atoms with Crippen LogP contribution in [-0.2, 0) is 6.54 Å². The molecule has 1 saturated heterocycles. The van der Waals surface area contributed by atoms with Crippen molar-refractivity contribution in [3.05, 3.63) is 54.0 Å². The van der Waals surface area contributed by atoms with E-state index in [1.54, 1.807) is 18.4 Å². The maximum Gasteiger partial charge on any atom is 0.289 e. The number of anilines is 1. The van der Waals surface area contributed by atoms with E-state index in [4.69, 9.17) is 9.41 Å². The molecule has 2 N–H and O–H groups in total. The largest absolute Gasteiger partial charge is 0.459 e. The van der Waals surface area contributed by atoms with Crippen molar-refractivity contribution in [3.8, 4) is 0 Å². The van der Waals surface area contributed by atoms with E-state index in [0.29, 0.717) is 24.9 Å². The number of hydrogen-bond donors (Lipinski definition) is 2. The second-order valence-electron chi connectivity index (χ2n) is 8.09.